The Hall–Kier alpha value is -2.05. The Balaban J connectivity index is 4.45. The Morgan fingerprint density at radius 1 is 1.17 bits per heavy atom. The molecule has 0 saturated carbocycles. The fourth-order valence-corrected chi connectivity index (χ4v) is 1.71. The summed E-state index contributed by atoms with van der Waals surface area (Å²) in [6.07, 6.45) is 1.39. The average Bonchev–Trinajstić information content (AvgIpc) is 2.39. The van der Waals surface area contributed by atoms with Gasteiger partial charge in [0.1, 0.15) is 18.2 Å². The van der Waals surface area contributed by atoms with E-state index in [2.05, 4.69) is 22.5 Å². The van der Waals surface area contributed by atoms with E-state index in [-0.39, 0.29) is 18.4 Å². The van der Waals surface area contributed by atoms with E-state index in [4.69, 9.17) is 4.74 Å². The van der Waals surface area contributed by atoms with Crippen LogP contribution in [0.3, 0.4) is 0 Å². The second kappa shape index (κ2) is 9.86. The van der Waals surface area contributed by atoms with Gasteiger partial charge >= 0.3 is 6.09 Å². The Morgan fingerprint density at radius 3 is 2.26 bits per heavy atom. The molecule has 0 bridgehead atoms. The Morgan fingerprint density at radius 2 is 1.78 bits per heavy atom. The number of rotatable bonds is 8. The summed E-state index contributed by atoms with van der Waals surface area (Å²) in [5.74, 6) is -0.493. The van der Waals surface area contributed by atoms with Crippen molar-refractivity contribution in [1.29, 1.82) is 0 Å². The predicted molar refractivity (Wildman–Crippen MR) is 88.8 cm³/mol. The van der Waals surface area contributed by atoms with Gasteiger partial charge in [0.25, 0.3) is 0 Å². The summed E-state index contributed by atoms with van der Waals surface area (Å²) in [5.41, 5.74) is -0.634. The summed E-state index contributed by atoms with van der Waals surface area (Å²) >= 11 is 0. The molecule has 1 atom stereocenters. The van der Waals surface area contributed by atoms with E-state index in [1.807, 2.05) is 13.8 Å². The first-order valence-corrected chi connectivity index (χ1v) is 7.70. The molecule has 23 heavy (non-hydrogen) atoms. The molecule has 7 heteroatoms. The quantitative estimate of drug-likeness (QED) is 0.586. The molecule has 0 aliphatic carbocycles. The number of ether oxygens (including phenoxy) is 1. The molecule has 0 radical (unpaired) electrons. The SMILES string of the molecule is C=CCNC(=O)[C@H](CC(C)C)NC(=O)CNC(=O)OC(C)(C)C. The summed E-state index contributed by atoms with van der Waals surface area (Å²) in [7, 11) is 0. The van der Waals surface area contributed by atoms with Crippen LogP contribution < -0.4 is 16.0 Å². The third kappa shape index (κ3) is 11.2. The van der Waals surface area contributed by atoms with E-state index in [0.29, 0.717) is 13.0 Å². The van der Waals surface area contributed by atoms with Gasteiger partial charge in [-0.2, -0.15) is 0 Å². The van der Waals surface area contributed by atoms with Gasteiger partial charge in [-0.3, -0.25) is 9.59 Å². The highest BCUT2D eigenvalue weighted by atomic mass is 16.6. The molecule has 132 valence electrons. The second-order valence-electron chi connectivity index (χ2n) is 6.64. The first-order valence-electron chi connectivity index (χ1n) is 7.70. The van der Waals surface area contributed by atoms with Crippen molar-refractivity contribution in [2.75, 3.05) is 13.1 Å². The smallest absolute Gasteiger partial charge is 0.408 e. The number of carbonyl (C=O) groups is 3. The number of amides is 3. The number of nitrogens with one attached hydrogen (secondary N) is 3. The number of carbonyl (C=O) groups excluding carboxylic acids is 3. The lowest BCUT2D eigenvalue weighted by Gasteiger charge is -2.21. The molecule has 0 fully saturated rings. The molecule has 0 aromatic heterocycles. The first kappa shape index (κ1) is 20.9. The van der Waals surface area contributed by atoms with Gasteiger partial charge in [-0.05, 0) is 33.1 Å². The summed E-state index contributed by atoms with van der Waals surface area (Å²) in [6.45, 7) is 12.7. The molecule has 0 unspecified atom stereocenters. The van der Waals surface area contributed by atoms with Crippen LogP contribution in [0.25, 0.3) is 0 Å². The van der Waals surface area contributed by atoms with Crippen molar-refractivity contribution in [1.82, 2.24) is 16.0 Å². The molecule has 0 aliphatic heterocycles. The van der Waals surface area contributed by atoms with Crippen LogP contribution >= 0.6 is 0 Å². The van der Waals surface area contributed by atoms with Crippen LogP contribution in [0.15, 0.2) is 12.7 Å². The lowest BCUT2D eigenvalue weighted by molar-refractivity contribution is -0.128. The molecule has 7 nitrogen and oxygen atoms in total. The molecular formula is C16H29N3O4. The highest BCUT2D eigenvalue weighted by Gasteiger charge is 2.22. The number of alkyl carbamates (subject to hydrolysis) is 1. The Labute approximate surface area is 138 Å². The van der Waals surface area contributed by atoms with Crippen LogP contribution in [0.1, 0.15) is 41.0 Å². The van der Waals surface area contributed by atoms with E-state index >= 15 is 0 Å². The zero-order valence-corrected chi connectivity index (χ0v) is 14.7. The van der Waals surface area contributed by atoms with Gasteiger partial charge in [-0.15, -0.1) is 6.58 Å². The molecule has 0 spiro atoms. The van der Waals surface area contributed by atoms with E-state index in [0.717, 1.165) is 0 Å². The van der Waals surface area contributed by atoms with Crippen LogP contribution in [0.4, 0.5) is 4.79 Å². The van der Waals surface area contributed by atoms with Crippen molar-refractivity contribution >= 4 is 17.9 Å². The number of hydrogen-bond acceptors (Lipinski definition) is 4. The van der Waals surface area contributed by atoms with E-state index < -0.39 is 23.6 Å². The van der Waals surface area contributed by atoms with Crippen LogP contribution in [0.5, 0.6) is 0 Å². The molecule has 0 saturated heterocycles. The summed E-state index contributed by atoms with van der Waals surface area (Å²) in [5, 5.41) is 7.63. The fraction of sp³-hybridized carbons (Fsp3) is 0.688. The van der Waals surface area contributed by atoms with E-state index in [1.165, 1.54) is 0 Å². The molecule has 0 aromatic rings. The van der Waals surface area contributed by atoms with Crippen LogP contribution in [0, 0.1) is 5.92 Å². The van der Waals surface area contributed by atoms with Crippen LogP contribution in [0.2, 0.25) is 0 Å². The zero-order chi connectivity index (χ0) is 18.0. The van der Waals surface area contributed by atoms with Gasteiger partial charge in [0.15, 0.2) is 0 Å². The standard InChI is InChI=1S/C16H29N3O4/c1-7-8-17-14(21)12(9-11(2)3)19-13(20)10-18-15(22)23-16(4,5)6/h7,11-12H,1,8-10H2,2-6H3,(H,17,21)(H,18,22)(H,19,20)/t12-/m0/s1. The first-order chi connectivity index (χ1) is 10.5. The minimum absolute atomic E-state index is 0.230. The molecule has 0 heterocycles. The minimum atomic E-state index is -0.677. The van der Waals surface area contributed by atoms with Gasteiger partial charge in [-0.25, -0.2) is 4.79 Å². The van der Waals surface area contributed by atoms with Crippen molar-refractivity contribution in [3.8, 4) is 0 Å². The molecular weight excluding hydrogens is 298 g/mol. The second-order valence-corrected chi connectivity index (χ2v) is 6.64. The highest BCUT2D eigenvalue weighted by Crippen LogP contribution is 2.06. The molecule has 3 N–H and O–H groups in total. The summed E-state index contributed by atoms with van der Waals surface area (Å²) in [6, 6.07) is -0.650. The van der Waals surface area contributed by atoms with E-state index in [9.17, 15) is 14.4 Å². The maximum atomic E-state index is 12.0. The van der Waals surface area contributed by atoms with Crippen LogP contribution in [-0.2, 0) is 14.3 Å². The van der Waals surface area contributed by atoms with Gasteiger partial charge in [-0.1, -0.05) is 19.9 Å². The van der Waals surface area contributed by atoms with Crippen molar-refractivity contribution < 1.29 is 19.1 Å². The maximum Gasteiger partial charge on any atom is 0.408 e. The van der Waals surface area contributed by atoms with Gasteiger partial charge in [0, 0.05) is 6.54 Å². The van der Waals surface area contributed by atoms with Crippen molar-refractivity contribution in [3.05, 3.63) is 12.7 Å². The lowest BCUT2D eigenvalue weighted by Crippen LogP contribution is -2.50. The molecule has 0 rings (SSSR count). The predicted octanol–water partition coefficient (Wildman–Crippen LogP) is 1.34. The van der Waals surface area contributed by atoms with Gasteiger partial charge in [0.05, 0.1) is 0 Å². The third-order valence-electron chi connectivity index (χ3n) is 2.57. The highest BCUT2D eigenvalue weighted by molar-refractivity contribution is 5.89. The fourth-order valence-electron chi connectivity index (χ4n) is 1.71. The summed E-state index contributed by atoms with van der Waals surface area (Å²) < 4.78 is 5.04. The van der Waals surface area contributed by atoms with Crippen molar-refractivity contribution in [2.24, 2.45) is 5.92 Å². The van der Waals surface area contributed by atoms with Gasteiger partial charge < -0.3 is 20.7 Å². The normalized spacial score (nSPS) is 12.3. The molecule has 3 amide bonds. The largest absolute Gasteiger partial charge is 0.444 e. The molecule has 0 aliphatic rings. The third-order valence-corrected chi connectivity index (χ3v) is 2.57. The lowest BCUT2D eigenvalue weighted by atomic mass is 10.0. The van der Waals surface area contributed by atoms with Crippen molar-refractivity contribution in [3.63, 3.8) is 0 Å². The maximum absolute atomic E-state index is 12.0. The topological polar surface area (TPSA) is 96.5 Å². The molecule has 0 aromatic carbocycles. The Kier molecular flexibility index (Phi) is 8.98. The Bertz CT molecular complexity index is 428. The van der Waals surface area contributed by atoms with Crippen LogP contribution in [-0.4, -0.2) is 42.6 Å². The zero-order valence-electron chi connectivity index (χ0n) is 14.7. The monoisotopic (exact) mass is 327 g/mol. The minimum Gasteiger partial charge on any atom is -0.444 e. The van der Waals surface area contributed by atoms with Crippen molar-refractivity contribution in [2.45, 2.75) is 52.7 Å². The van der Waals surface area contributed by atoms with Gasteiger partial charge in [0.2, 0.25) is 11.8 Å². The van der Waals surface area contributed by atoms with E-state index in [1.54, 1.807) is 26.8 Å². The summed E-state index contributed by atoms with van der Waals surface area (Å²) in [4.78, 5) is 35.4. The average molecular weight is 327 g/mol. The number of hydrogen-bond donors (Lipinski definition) is 3.